The molecular weight excluding hydrogens is 258 g/mol. The van der Waals surface area contributed by atoms with E-state index in [1.54, 1.807) is 24.5 Å². The molecule has 0 aliphatic carbocycles. The van der Waals surface area contributed by atoms with E-state index in [1.807, 2.05) is 6.92 Å². The molecule has 0 radical (unpaired) electrons. The fourth-order valence-corrected chi connectivity index (χ4v) is 1.62. The Morgan fingerprint density at radius 1 is 1.15 bits per heavy atom. The van der Waals surface area contributed by atoms with Crippen LogP contribution in [-0.4, -0.2) is 25.2 Å². The summed E-state index contributed by atoms with van der Waals surface area (Å²) >= 11 is 0. The fraction of sp³-hybridized carbons (Fsp3) is 0.0769. The molecular formula is C13H11N5O2. The maximum absolute atomic E-state index is 9.58. The number of aromatic nitrogens is 4. The minimum atomic E-state index is -0.0335. The molecule has 2 aromatic heterocycles. The molecule has 2 heterocycles. The van der Waals surface area contributed by atoms with E-state index in [-0.39, 0.29) is 23.2 Å². The lowest BCUT2D eigenvalue weighted by atomic mass is 10.2. The van der Waals surface area contributed by atoms with Gasteiger partial charge < -0.3 is 15.4 Å². The minimum absolute atomic E-state index is 0.0335. The van der Waals surface area contributed by atoms with E-state index in [0.29, 0.717) is 11.4 Å². The van der Waals surface area contributed by atoms with Crippen LogP contribution in [0.2, 0.25) is 0 Å². The van der Waals surface area contributed by atoms with E-state index < -0.39 is 0 Å². The summed E-state index contributed by atoms with van der Waals surface area (Å²) in [5, 5.41) is 13.4. The molecule has 100 valence electrons. The number of rotatable bonds is 2. The number of hydrogen-bond acceptors (Lipinski definition) is 7. The van der Waals surface area contributed by atoms with Gasteiger partial charge in [-0.1, -0.05) is 5.16 Å². The zero-order valence-electron chi connectivity index (χ0n) is 10.6. The highest BCUT2D eigenvalue weighted by Gasteiger charge is 2.13. The minimum Gasteiger partial charge on any atom is -0.506 e. The number of nitrogens with zero attached hydrogens (tertiary/aromatic N) is 4. The highest BCUT2D eigenvalue weighted by atomic mass is 16.5. The van der Waals surface area contributed by atoms with Crippen molar-refractivity contribution < 1.29 is 9.63 Å². The molecule has 3 N–H and O–H groups in total. The third kappa shape index (κ3) is 2.16. The van der Waals surface area contributed by atoms with Crippen LogP contribution in [0.3, 0.4) is 0 Å². The normalized spacial score (nSPS) is 10.7. The van der Waals surface area contributed by atoms with Crippen LogP contribution in [0.25, 0.3) is 23.1 Å². The van der Waals surface area contributed by atoms with Gasteiger partial charge in [0.15, 0.2) is 0 Å². The fourth-order valence-electron chi connectivity index (χ4n) is 1.62. The van der Waals surface area contributed by atoms with Crippen LogP contribution >= 0.6 is 0 Å². The molecule has 0 spiro atoms. The largest absolute Gasteiger partial charge is 0.506 e. The van der Waals surface area contributed by atoms with Crippen LogP contribution in [0.5, 0.6) is 5.75 Å². The van der Waals surface area contributed by atoms with Crippen LogP contribution in [0.1, 0.15) is 5.56 Å². The standard InChI is InChI=1S/C13H11N5O2/c1-7-5-15-11(16-6-7)12-17-13(20-18-12)8-2-3-9(14)10(19)4-8/h2-6,19H,14H2,1H3. The number of nitrogens with two attached hydrogens (primary N) is 1. The maximum Gasteiger partial charge on any atom is 0.258 e. The van der Waals surface area contributed by atoms with Crippen LogP contribution < -0.4 is 5.73 Å². The Labute approximate surface area is 114 Å². The van der Waals surface area contributed by atoms with Crippen LogP contribution in [-0.2, 0) is 0 Å². The van der Waals surface area contributed by atoms with Crippen molar-refractivity contribution in [2.75, 3.05) is 5.73 Å². The number of anilines is 1. The van der Waals surface area contributed by atoms with Crippen molar-refractivity contribution in [2.45, 2.75) is 6.92 Å². The first-order chi connectivity index (χ1) is 9.63. The van der Waals surface area contributed by atoms with Gasteiger partial charge in [-0.25, -0.2) is 9.97 Å². The summed E-state index contributed by atoms with van der Waals surface area (Å²) in [6, 6.07) is 4.71. The van der Waals surface area contributed by atoms with Gasteiger partial charge in [-0.15, -0.1) is 0 Å². The van der Waals surface area contributed by atoms with Crippen molar-refractivity contribution in [1.82, 2.24) is 20.1 Å². The molecule has 3 aromatic rings. The Bertz CT molecular complexity index is 752. The van der Waals surface area contributed by atoms with Gasteiger partial charge in [0.2, 0.25) is 11.6 Å². The van der Waals surface area contributed by atoms with E-state index in [0.717, 1.165) is 5.56 Å². The number of phenols is 1. The summed E-state index contributed by atoms with van der Waals surface area (Å²) in [5.41, 5.74) is 7.35. The van der Waals surface area contributed by atoms with Crippen LogP contribution in [0, 0.1) is 6.92 Å². The quantitative estimate of drug-likeness (QED) is 0.538. The molecule has 0 saturated heterocycles. The number of aryl methyl sites for hydroxylation is 1. The van der Waals surface area contributed by atoms with E-state index in [9.17, 15) is 5.11 Å². The van der Waals surface area contributed by atoms with Crippen molar-refractivity contribution in [3.8, 4) is 28.9 Å². The van der Waals surface area contributed by atoms with Crippen LogP contribution in [0.15, 0.2) is 35.1 Å². The Morgan fingerprint density at radius 3 is 2.60 bits per heavy atom. The van der Waals surface area contributed by atoms with E-state index >= 15 is 0 Å². The number of hydrogen-bond donors (Lipinski definition) is 2. The Morgan fingerprint density at radius 2 is 1.90 bits per heavy atom. The van der Waals surface area contributed by atoms with Gasteiger partial charge in [-0.05, 0) is 30.7 Å². The highest BCUT2D eigenvalue weighted by Crippen LogP contribution is 2.27. The molecule has 3 rings (SSSR count). The molecule has 7 nitrogen and oxygen atoms in total. The second-order valence-electron chi connectivity index (χ2n) is 4.28. The molecule has 0 bridgehead atoms. The molecule has 0 aliphatic heterocycles. The zero-order valence-corrected chi connectivity index (χ0v) is 10.6. The number of benzene rings is 1. The van der Waals surface area contributed by atoms with Crippen LogP contribution in [0.4, 0.5) is 5.69 Å². The molecule has 0 amide bonds. The third-order valence-corrected chi connectivity index (χ3v) is 2.68. The molecule has 0 fully saturated rings. The van der Waals surface area contributed by atoms with Gasteiger partial charge in [-0.3, -0.25) is 0 Å². The highest BCUT2D eigenvalue weighted by molar-refractivity contribution is 5.64. The maximum atomic E-state index is 9.58. The monoisotopic (exact) mass is 269 g/mol. The van der Waals surface area contributed by atoms with Crippen molar-refractivity contribution in [3.63, 3.8) is 0 Å². The number of nitrogen functional groups attached to an aromatic ring is 1. The van der Waals surface area contributed by atoms with Gasteiger partial charge in [0.1, 0.15) is 5.75 Å². The summed E-state index contributed by atoms with van der Waals surface area (Å²) in [6.45, 7) is 1.89. The summed E-state index contributed by atoms with van der Waals surface area (Å²) in [5.74, 6) is 0.898. The average Bonchev–Trinajstić information content (AvgIpc) is 2.92. The van der Waals surface area contributed by atoms with E-state index in [4.69, 9.17) is 10.3 Å². The average molecular weight is 269 g/mol. The molecule has 7 heteroatoms. The first kappa shape index (κ1) is 12.1. The second-order valence-corrected chi connectivity index (χ2v) is 4.28. The van der Waals surface area contributed by atoms with Gasteiger partial charge in [0.05, 0.1) is 5.69 Å². The lowest BCUT2D eigenvalue weighted by Gasteiger charge is -1.99. The van der Waals surface area contributed by atoms with Gasteiger partial charge in [-0.2, -0.15) is 4.98 Å². The topological polar surface area (TPSA) is 111 Å². The number of phenolic OH excluding ortho intramolecular Hbond substituents is 1. The predicted octanol–water partition coefficient (Wildman–Crippen LogP) is 1.79. The summed E-state index contributed by atoms with van der Waals surface area (Å²) in [7, 11) is 0. The summed E-state index contributed by atoms with van der Waals surface area (Å²) < 4.78 is 5.14. The van der Waals surface area contributed by atoms with Gasteiger partial charge >= 0.3 is 0 Å². The summed E-state index contributed by atoms with van der Waals surface area (Å²) in [6.07, 6.45) is 3.35. The summed E-state index contributed by atoms with van der Waals surface area (Å²) in [4.78, 5) is 12.4. The molecule has 1 aromatic carbocycles. The third-order valence-electron chi connectivity index (χ3n) is 2.68. The van der Waals surface area contributed by atoms with Crippen molar-refractivity contribution in [3.05, 3.63) is 36.2 Å². The molecule has 0 aliphatic rings. The van der Waals surface area contributed by atoms with Crippen molar-refractivity contribution in [1.29, 1.82) is 0 Å². The first-order valence-electron chi connectivity index (χ1n) is 5.85. The van der Waals surface area contributed by atoms with Gasteiger partial charge in [0.25, 0.3) is 5.89 Å². The Balaban J connectivity index is 1.97. The van der Waals surface area contributed by atoms with Gasteiger partial charge in [0, 0.05) is 18.0 Å². The molecule has 20 heavy (non-hydrogen) atoms. The van der Waals surface area contributed by atoms with Crippen molar-refractivity contribution in [2.24, 2.45) is 0 Å². The van der Waals surface area contributed by atoms with E-state index in [1.165, 1.54) is 6.07 Å². The lowest BCUT2D eigenvalue weighted by molar-refractivity contribution is 0.431. The molecule has 0 atom stereocenters. The first-order valence-corrected chi connectivity index (χ1v) is 5.85. The Hall–Kier alpha value is -2.96. The zero-order chi connectivity index (χ0) is 14.1. The lowest BCUT2D eigenvalue weighted by Crippen LogP contribution is -1.91. The molecule has 0 saturated carbocycles. The van der Waals surface area contributed by atoms with Crippen molar-refractivity contribution >= 4 is 5.69 Å². The predicted molar refractivity (Wildman–Crippen MR) is 71.6 cm³/mol. The second kappa shape index (κ2) is 4.61. The number of aromatic hydroxyl groups is 1. The smallest absolute Gasteiger partial charge is 0.258 e. The molecule has 0 unspecified atom stereocenters. The van der Waals surface area contributed by atoms with E-state index in [2.05, 4.69) is 20.1 Å². The Kier molecular flexibility index (Phi) is 2.79. The SMILES string of the molecule is Cc1cnc(-c2noc(-c3ccc(N)c(O)c3)n2)nc1.